The molecule has 0 aliphatic carbocycles. The van der Waals surface area contributed by atoms with E-state index in [-0.39, 0.29) is 5.91 Å². The SMILES string of the molecule is Nc1ccc(SCCC(=O)Nc2cccc(Cl)c2)cc1Cl. The zero-order chi connectivity index (χ0) is 15.2. The highest BCUT2D eigenvalue weighted by Crippen LogP contribution is 2.26. The summed E-state index contributed by atoms with van der Waals surface area (Å²) in [5.74, 6) is 0.610. The standard InChI is InChI=1S/C15H14Cl2N2OS/c16-10-2-1-3-11(8-10)19-15(20)6-7-21-12-4-5-14(18)13(17)9-12/h1-5,8-9H,6-7,18H2,(H,19,20). The van der Waals surface area contributed by atoms with Crippen LogP contribution in [0.4, 0.5) is 11.4 Å². The van der Waals surface area contributed by atoms with E-state index >= 15 is 0 Å². The second-order valence-corrected chi connectivity index (χ2v) is 6.35. The van der Waals surface area contributed by atoms with Crippen LogP contribution in [0.1, 0.15) is 6.42 Å². The van der Waals surface area contributed by atoms with Gasteiger partial charge in [-0.2, -0.15) is 0 Å². The normalized spacial score (nSPS) is 10.4. The van der Waals surface area contributed by atoms with E-state index in [1.54, 1.807) is 48.2 Å². The van der Waals surface area contributed by atoms with Crippen LogP contribution in [-0.2, 0) is 4.79 Å². The summed E-state index contributed by atoms with van der Waals surface area (Å²) >= 11 is 13.4. The van der Waals surface area contributed by atoms with Gasteiger partial charge >= 0.3 is 0 Å². The van der Waals surface area contributed by atoms with Crippen molar-refractivity contribution in [3.05, 3.63) is 52.5 Å². The van der Waals surface area contributed by atoms with Gasteiger partial charge in [-0.15, -0.1) is 11.8 Å². The molecule has 2 aromatic rings. The fourth-order valence-electron chi connectivity index (χ4n) is 1.65. The van der Waals surface area contributed by atoms with Crippen molar-refractivity contribution in [3.8, 4) is 0 Å². The molecule has 2 aromatic carbocycles. The van der Waals surface area contributed by atoms with Crippen LogP contribution in [0, 0.1) is 0 Å². The van der Waals surface area contributed by atoms with Crippen molar-refractivity contribution < 1.29 is 4.79 Å². The minimum absolute atomic E-state index is 0.0497. The maximum absolute atomic E-state index is 11.8. The maximum atomic E-state index is 11.8. The highest BCUT2D eigenvalue weighted by atomic mass is 35.5. The van der Waals surface area contributed by atoms with Crippen LogP contribution in [0.25, 0.3) is 0 Å². The molecule has 6 heteroatoms. The first-order chi connectivity index (χ1) is 10.0. The summed E-state index contributed by atoms with van der Waals surface area (Å²) < 4.78 is 0. The first-order valence-corrected chi connectivity index (χ1v) is 8.02. The lowest BCUT2D eigenvalue weighted by Gasteiger charge is -2.06. The van der Waals surface area contributed by atoms with E-state index in [4.69, 9.17) is 28.9 Å². The Kier molecular flexibility index (Phi) is 5.79. The number of anilines is 2. The van der Waals surface area contributed by atoms with E-state index in [9.17, 15) is 4.79 Å². The quantitative estimate of drug-likeness (QED) is 0.612. The molecule has 0 saturated heterocycles. The molecule has 0 radical (unpaired) electrons. The summed E-state index contributed by atoms with van der Waals surface area (Å²) in [6.45, 7) is 0. The molecule has 0 aliphatic rings. The molecular formula is C15H14Cl2N2OS. The number of nitrogens with two attached hydrogens (primary N) is 1. The molecule has 0 aromatic heterocycles. The molecule has 110 valence electrons. The van der Waals surface area contributed by atoms with E-state index < -0.39 is 0 Å². The zero-order valence-electron chi connectivity index (χ0n) is 11.1. The average molecular weight is 341 g/mol. The number of rotatable bonds is 5. The molecule has 0 atom stereocenters. The molecule has 0 heterocycles. The number of halogens is 2. The zero-order valence-corrected chi connectivity index (χ0v) is 13.4. The van der Waals surface area contributed by atoms with Gasteiger partial charge in [0.05, 0.1) is 10.7 Å². The molecule has 0 spiro atoms. The third-order valence-corrected chi connectivity index (χ3v) is 4.24. The molecule has 0 unspecified atom stereocenters. The molecule has 3 nitrogen and oxygen atoms in total. The smallest absolute Gasteiger partial charge is 0.225 e. The predicted molar refractivity (Wildman–Crippen MR) is 91.3 cm³/mol. The third kappa shape index (κ3) is 5.16. The van der Waals surface area contributed by atoms with Crippen LogP contribution in [0.5, 0.6) is 0 Å². The van der Waals surface area contributed by atoms with Gasteiger partial charge in [0.25, 0.3) is 0 Å². The van der Waals surface area contributed by atoms with Gasteiger partial charge in [0.2, 0.25) is 5.91 Å². The van der Waals surface area contributed by atoms with Crippen LogP contribution in [0.2, 0.25) is 10.0 Å². The largest absolute Gasteiger partial charge is 0.398 e. The van der Waals surface area contributed by atoms with Crippen molar-refractivity contribution in [3.63, 3.8) is 0 Å². The molecule has 0 fully saturated rings. The van der Waals surface area contributed by atoms with E-state index in [2.05, 4.69) is 5.32 Å². The summed E-state index contributed by atoms with van der Waals surface area (Å²) in [5.41, 5.74) is 6.90. The molecule has 3 N–H and O–H groups in total. The lowest BCUT2D eigenvalue weighted by molar-refractivity contribution is -0.115. The van der Waals surface area contributed by atoms with Gasteiger partial charge in [-0.25, -0.2) is 0 Å². The minimum Gasteiger partial charge on any atom is -0.398 e. The Hall–Kier alpha value is -1.36. The second-order valence-electron chi connectivity index (χ2n) is 4.34. The van der Waals surface area contributed by atoms with Gasteiger partial charge in [-0.1, -0.05) is 29.3 Å². The molecule has 1 amide bonds. The molecular weight excluding hydrogens is 327 g/mol. The van der Waals surface area contributed by atoms with Gasteiger partial charge in [-0.3, -0.25) is 4.79 Å². The molecule has 0 aliphatic heterocycles. The molecule has 0 saturated carbocycles. The topological polar surface area (TPSA) is 55.1 Å². The first-order valence-electron chi connectivity index (χ1n) is 6.28. The van der Waals surface area contributed by atoms with Gasteiger partial charge in [0.15, 0.2) is 0 Å². The van der Waals surface area contributed by atoms with Crippen LogP contribution < -0.4 is 11.1 Å². The van der Waals surface area contributed by atoms with Gasteiger partial charge in [0.1, 0.15) is 0 Å². The Morgan fingerprint density at radius 2 is 2.00 bits per heavy atom. The summed E-state index contributed by atoms with van der Waals surface area (Å²) in [4.78, 5) is 12.8. The Balaban J connectivity index is 1.80. The fraction of sp³-hybridized carbons (Fsp3) is 0.133. The van der Waals surface area contributed by atoms with Crippen molar-refractivity contribution in [1.82, 2.24) is 0 Å². The Labute approximate surface area is 137 Å². The Morgan fingerprint density at radius 3 is 2.71 bits per heavy atom. The third-order valence-electron chi connectivity index (χ3n) is 2.68. The highest BCUT2D eigenvalue weighted by molar-refractivity contribution is 7.99. The van der Waals surface area contributed by atoms with Crippen molar-refractivity contribution >= 4 is 52.2 Å². The fourth-order valence-corrected chi connectivity index (χ4v) is 2.97. The minimum atomic E-state index is -0.0497. The summed E-state index contributed by atoms with van der Waals surface area (Å²) in [5, 5.41) is 3.93. The Bertz CT molecular complexity index is 649. The van der Waals surface area contributed by atoms with Gasteiger partial charge in [-0.05, 0) is 36.4 Å². The van der Waals surface area contributed by atoms with E-state index in [0.717, 1.165) is 4.90 Å². The maximum Gasteiger partial charge on any atom is 0.225 e. The second kappa shape index (κ2) is 7.59. The van der Waals surface area contributed by atoms with Crippen LogP contribution in [-0.4, -0.2) is 11.7 Å². The summed E-state index contributed by atoms with van der Waals surface area (Å²) in [7, 11) is 0. The first kappa shape index (κ1) is 16.0. The van der Waals surface area contributed by atoms with Gasteiger partial charge < -0.3 is 11.1 Å². The van der Waals surface area contributed by atoms with E-state index in [1.807, 2.05) is 6.07 Å². The monoisotopic (exact) mass is 340 g/mol. The van der Waals surface area contributed by atoms with Crippen LogP contribution in [0.15, 0.2) is 47.4 Å². The number of nitrogen functional groups attached to an aromatic ring is 1. The summed E-state index contributed by atoms with van der Waals surface area (Å²) in [6.07, 6.45) is 0.402. The average Bonchev–Trinajstić information content (AvgIpc) is 2.43. The van der Waals surface area contributed by atoms with Crippen molar-refractivity contribution in [2.45, 2.75) is 11.3 Å². The number of hydrogen-bond donors (Lipinski definition) is 2. The Morgan fingerprint density at radius 1 is 1.19 bits per heavy atom. The van der Waals surface area contributed by atoms with Crippen LogP contribution in [0.3, 0.4) is 0 Å². The van der Waals surface area contributed by atoms with Crippen molar-refractivity contribution in [2.24, 2.45) is 0 Å². The number of carbonyl (C=O) groups is 1. The number of benzene rings is 2. The lowest BCUT2D eigenvalue weighted by Crippen LogP contribution is -2.12. The van der Waals surface area contributed by atoms with E-state index in [1.165, 1.54) is 0 Å². The number of thioether (sulfide) groups is 1. The number of carbonyl (C=O) groups excluding carboxylic acids is 1. The number of hydrogen-bond acceptors (Lipinski definition) is 3. The number of nitrogens with one attached hydrogen (secondary N) is 1. The molecule has 21 heavy (non-hydrogen) atoms. The summed E-state index contributed by atoms with van der Waals surface area (Å²) in [6, 6.07) is 12.5. The predicted octanol–water partition coefficient (Wildman–Crippen LogP) is 4.70. The van der Waals surface area contributed by atoms with Crippen molar-refractivity contribution in [1.29, 1.82) is 0 Å². The van der Waals surface area contributed by atoms with Gasteiger partial charge in [0, 0.05) is 27.8 Å². The van der Waals surface area contributed by atoms with E-state index in [0.29, 0.717) is 33.6 Å². The molecule has 0 bridgehead atoms. The van der Waals surface area contributed by atoms with Crippen molar-refractivity contribution in [2.75, 3.05) is 16.8 Å². The highest BCUT2D eigenvalue weighted by Gasteiger charge is 2.04. The van der Waals surface area contributed by atoms with Crippen LogP contribution >= 0.6 is 35.0 Å². The molecule has 2 rings (SSSR count). The number of amides is 1. The lowest BCUT2D eigenvalue weighted by atomic mass is 10.3.